The summed E-state index contributed by atoms with van der Waals surface area (Å²) in [6, 6.07) is -1.27. The van der Waals surface area contributed by atoms with Crippen molar-refractivity contribution in [1.82, 2.24) is 4.31 Å². The first-order valence-corrected chi connectivity index (χ1v) is 6.83. The van der Waals surface area contributed by atoms with E-state index >= 15 is 0 Å². The standard InChI is InChI=1S/C7H15F2NO5S2/c1-5(2)10(6(3)4)17(12,13)7(8,9)16-15-14-11/h5-6,11H,1-4H3. The first kappa shape index (κ1) is 17.0. The van der Waals surface area contributed by atoms with E-state index in [-0.39, 0.29) is 0 Å². The molecule has 6 nitrogen and oxygen atoms in total. The molecule has 0 aliphatic rings. The highest BCUT2D eigenvalue weighted by Gasteiger charge is 2.53. The molecular formula is C7H15F2NO5S2. The molecule has 0 aromatic heterocycles. The van der Waals surface area contributed by atoms with Crippen LogP contribution in [0.15, 0.2) is 0 Å². The van der Waals surface area contributed by atoms with Crippen molar-refractivity contribution in [2.45, 2.75) is 44.4 Å². The summed E-state index contributed by atoms with van der Waals surface area (Å²) in [7, 11) is -4.92. The summed E-state index contributed by atoms with van der Waals surface area (Å²) in [6.45, 7) is 5.90. The minimum Gasteiger partial charge on any atom is -0.220 e. The van der Waals surface area contributed by atoms with E-state index in [2.05, 4.69) is 9.37 Å². The van der Waals surface area contributed by atoms with Crippen LogP contribution in [0.1, 0.15) is 27.7 Å². The molecular weight excluding hydrogens is 280 g/mol. The fourth-order valence-corrected chi connectivity index (χ4v) is 3.52. The molecule has 10 heteroatoms. The third-order valence-corrected chi connectivity index (χ3v) is 4.92. The maximum absolute atomic E-state index is 13.4. The van der Waals surface area contributed by atoms with Gasteiger partial charge in [-0.2, -0.15) is 13.1 Å². The van der Waals surface area contributed by atoms with Gasteiger partial charge >= 0.3 is 4.59 Å². The second kappa shape index (κ2) is 6.25. The molecule has 0 atom stereocenters. The fraction of sp³-hybridized carbons (Fsp3) is 1.00. The molecule has 0 aliphatic carbocycles. The molecule has 0 bridgehead atoms. The molecule has 0 heterocycles. The van der Waals surface area contributed by atoms with Crippen LogP contribution < -0.4 is 0 Å². The summed E-state index contributed by atoms with van der Waals surface area (Å²) in [5.74, 6) is 0. The summed E-state index contributed by atoms with van der Waals surface area (Å²) in [5, 5.41) is 10.7. The van der Waals surface area contributed by atoms with Crippen LogP contribution in [0.3, 0.4) is 0 Å². The quantitative estimate of drug-likeness (QED) is 0.440. The Labute approximate surface area is 103 Å². The Morgan fingerprint density at radius 2 is 1.65 bits per heavy atom. The molecule has 1 N–H and O–H groups in total. The maximum atomic E-state index is 13.4. The van der Waals surface area contributed by atoms with Gasteiger partial charge in [0.25, 0.3) is 10.0 Å². The SMILES string of the molecule is CC(C)N(C(C)C)S(=O)(=O)C(F)(F)SOOO. The summed E-state index contributed by atoms with van der Waals surface area (Å²) in [4.78, 5) is 0. The Kier molecular flexibility index (Phi) is 6.25. The van der Waals surface area contributed by atoms with Crippen molar-refractivity contribution in [2.75, 3.05) is 0 Å². The Morgan fingerprint density at radius 1 is 1.24 bits per heavy atom. The monoisotopic (exact) mass is 295 g/mol. The van der Waals surface area contributed by atoms with E-state index in [1.807, 2.05) is 0 Å². The molecule has 0 rings (SSSR count). The van der Waals surface area contributed by atoms with E-state index < -0.39 is 38.7 Å². The van der Waals surface area contributed by atoms with Crippen LogP contribution in [-0.4, -0.2) is 34.7 Å². The van der Waals surface area contributed by atoms with E-state index in [0.717, 1.165) is 0 Å². The second-order valence-electron chi connectivity index (χ2n) is 3.71. The minimum absolute atomic E-state index is 0.637. The van der Waals surface area contributed by atoms with E-state index in [9.17, 15) is 17.2 Å². The molecule has 104 valence electrons. The molecule has 0 saturated carbocycles. The fourth-order valence-electron chi connectivity index (χ4n) is 1.37. The topological polar surface area (TPSA) is 76.1 Å². The number of hydrogen-bond donors (Lipinski definition) is 1. The van der Waals surface area contributed by atoms with Crippen LogP contribution in [0.4, 0.5) is 8.78 Å². The zero-order valence-electron chi connectivity index (χ0n) is 9.75. The molecule has 0 saturated heterocycles. The predicted octanol–water partition coefficient (Wildman–Crippen LogP) is 2.05. The van der Waals surface area contributed by atoms with Gasteiger partial charge in [0.1, 0.15) is 12.0 Å². The highest BCUT2D eigenvalue weighted by Crippen LogP contribution is 2.39. The highest BCUT2D eigenvalue weighted by atomic mass is 32.3. The molecule has 17 heavy (non-hydrogen) atoms. The first-order valence-electron chi connectivity index (χ1n) is 4.64. The molecule has 0 spiro atoms. The van der Waals surface area contributed by atoms with Crippen LogP contribution in [0.2, 0.25) is 0 Å². The lowest BCUT2D eigenvalue weighted by Gasteiger charge is -2.31. The molecule has 0 amide bonds. The molecule has 0 radical (unpaired) electrons. The van der Waals surface area contributed by atoms with Gasteiger partial charge in [0.2, 0.25) is 0 Å². The summed E-state index contributed by atoms with van der Waals surface area (Å²) < 4.78 is 50.0. The van der Waals surface area contributed by atoms with Crippen molar-refractivity contribution in [3.63, 3.8) is 0 Å². The minimum atomic E-state index is -4.92. The molecule has 0 aromatic rings. The van der Waals surface area contributed by atoms with Crippen LogP contribution >= 0.6 is 12.0 Å². The van der Waals surface area contributed by atoms with E-state index in [4.69, 9.17) is 5.26 Å². The smallest absolute Gasteiger partial charge is 0.220 e. The van der Waals surface area contributed by atoms with Crippen molar-refractivity contribution in [3.05, 3.63) is 0 Å². The largest absolute Gasteiger partial charge is 0.433 e. The van der Waals surface area contributed by atoms with Crippen molar-refractivity contribution >= 4 is 22.1 Å². The van der Waals surface area contributed by atoms with Gasteiger partial charge in [-0.25, -0.2) is 13.7 Å². The molecule has 0 unspecified atom stereocenters. The van der Waals surface area contributed by atoms with Crippen molar-refractivity contribution < 1.29 is 31.8 Å². The van der Waals surface area contributed by atoms with Gasteiger partial charge < -0.3 is 0 Å². The number of rotatable bonds is 7. The number of nitrogens with zero attached hydrogens (tertiary/aromatic N) is 1. The lowest BCUT2D eigenvalue weighted by molar-refractivity contribution is -0.433. The lowest BCUT2D eigenvalue weighted by Crippen LogP contribution is -2.48. The van der Waals surface area contributed by atoms with Crippen molar-refractivity contribution in [1.29, 1.82) is 0 Å². The number of halogens is 2. The zero-order chi connectivity index (χ0) is 13.9. The number of hydrogen-bond acceptors (Lipinski definition) is 6. The van der Waals surface area contributed by atoms with Gasteiger partial charge in [-0.15, -0.1) is 4.33 Å². The second-order valence-corrected chi connectivity index (χ2v) is 6.67. The Morgan fingerprint density at radius 3 is 1.94 bits per heavy atom. The van der Waals surface area contributed by atoms with Crippen LogP contribution in [-0.2, 0) is 19.4 Å². The van der Waals surface area contributed by atoms with E-state index in [0.29, 0.717) is 4.31 Å². The summed E-state index contributed by atoms with van der Waals surface area (Å²) >= 11 is -0.786. The third-order valence-electron chi connectivity index (χ3n) is 1.76. The average molecular weight is 295 g/mol. The Hall–Kier alpha value is -0.0000000000000000694. The van der Waals surface area contributed by atoms with Crippen LogP contribution in [0, 0.1) is 0 Å². The summed E-state index contributed by atoms with van der Waals surface area (Å²) in [6.07, 6.45) is 0. The van der Waals surface area contributed by atoms with Gasteiger partial charge in [0, 0.05) is 12.1 Å². The van der Waals surface area contributed by atoms with E-state index in [1.54, 1.807) is 0 Å². The molecule has 0 aromatic carbocycles. The Bertz CT molecular complexity index is 325. The van der Waals surface area contributed by atoms with Crippen molar-refractivity contribution in [2.24, 2.45) is 0 Å². The van der Waals surface area contributed by atoms with Crippen molar-refractivity contribution in [3.8, 4) is 0 Å². The zero-order valence-corrected chi connectivity index (χ0v) is 11.4. The maximum Gasteiger partial charge on any atom is 0.433 e. The normalized spacial score (nSPS) is 14.0. The van der Waals surface area contributed by atoms with Gasteiger partial charge in [-0.3, -0.25) is 0 Å². The summed E-state index contributed by atoms with van der Waals surface area (Å²) in [5.41, 5.74) is 0. The van der Waals surface area contributed by atoms with Gasteiger partial charge in [-0.05, 0) is 27.7 Å². The number of sulfonamides is 1. The highest BCUT2D eigenvalue weighted by molar-refractivity contribution is 8.10. The van der Waals surface area contributed by atoms with Crippen LogP contribution in [0.25, 0.3) is 0 Å². The lowest BCUT2D eigenvalue weighted by atomic mass is 10.3. The van der Waals surface area contributed by atoms with Gasteiger partial charge in [0.15, 0.2) is 0 Å². The molecule has 0 fully saturated rings. The Balaban J connectivity index is 5.21. The molecule has 0 aliphatic heterocycles. The van der Waals surface area contributed by atoms with E-state index in [1.165, 1.54) is 27.7 Å². The first-order chi connectivity index (χ1) is 7.58. The van der Waals surface area contributed by atoms with Crippen LogP contribution in [0.5, 0.6) is 0 Å². The number of alkyl halides is 2. The van der Waals surface area contributed by atoms with Gasteiger partial charge in [0.05, 0.1) is 0 Å². The van der Waals surface area contributed by atoms with Gasteiger partial charge in [-0.1, -0.05) is 5.04 Å². The third kappa shape index (κ3) is 4.00. The average Bonchev–Trinajstić information content (AvgIpc) is 2.12. The predicted molar refractivity (Wildman–Crippen MR) is 58.4 cm³/mol.